The topological polar surface area (TPSA) is 28.7 Å². The zero-order valence-corrected chi connectivity index (χ0v) is 11.5. The highest BCUT2D eigenvalue weighted by Gasteiger charge is 2.09. The van der Waals surface area contributed by atoms with E-state index >= 15 is 0 Å². The number of H-pyrrole nitrogens is 1. The first-order valence-electron chi connectivity index (χ1n) is 7.01. The molecule has 0 bridgehead atoms. The largest absolute Gasteiger partial charge is 0.277 e. The Morgan fingerprint density at radius 1 is 0.619 bits per heavy atom. The summed E-state index contributed by atoms with van der Waals surface area (Å²) in [5.74, 6) is 0. The summed E-state index contributed by atoms with van der Waals surface area (Å²) in [4.78, 5) is 0. The van der Waals surface area contributed by atoms with Crippen molar-refractivity contribution >= 4 is 10.9 Å². The maximum atomic E-state index is 4.48. The van der Waals surface area contributed by atoms with E-state index < -0.39 is 0 Å². The van der Waals surface area contributed by atoms with Crippen LogP contribution in [0.3, 0.4) is 0 Å². The van der Waals surface area contributed by atoms with Crippen molar-refractivity contribution in [2.45, 2.75) is 0 Å². The molecule has 21 heavy (non-hydrogen) atoms. The van der Waals surface area contributed by atoms with Gasteiger partial charge in [0.05, 0.1) is 11.2 Å². The van der Waals surface area contributed by atoms with Gasteiger partial charge in [-0.15, -0.1) is 0 Å². The van der Waals surface area contributed by atoms with Crippen LogP contribution in [0, 0.1) is 0 Å². The average Bonchev–Trinajstić information content (AvgIpc) is 2.99. The van der Waals surface area contributed by atoms with Crippen molar-refractivity contribution in [1.82, 2.24) is 10.2 Å². The predicted molar refractivity (Wildman–Crippen MR) is 87.0 cm³/mol. The van der Waals surface area contributed by atoms with Crippen LogP contribution in [0.5, 0.6) is 0 Å². The lowest BCUT2D eigenvalue weighted by Crippen LogP contribution is -1.79. The molecule has 100 valence electrons. The molecular formula is C19H14N2. The second-order valence-electron chi connectivity index (χ2n) is 5.06. The highest BCUT2D eigenvalue weighted by atomic mass is 15.1. The van der Waals surface area contributed by atoms with Gasteiger partial charge < -0.3 is 0 Å². The summed E-state index contributed by atoms with van der Waals surface area (Å²) >= 11 is 0. The number of nitrogens with zero attached hydrogens (tertiary/aromatic N) is 1. The normalized spacial score (nSPS) is 10.9. The first-order valence-corrected chi connectivity index (χ1v) is 7.01. The molecule has 0 aliphatic carbocycles. The van der Waals surface area contributed by atoms with Crippen molar-refractivity contribution < 1.29 is 0 Å². The van der Waals surface area contributed by atoms with Crippen molar-refractivity contribution in [2.75, 3.05) is 0 Å². The maximum absolute atomic E-state index is 4.48. The minimum Gasteiger partial charge on any atom is -0.277 e. The molecule has 1 heterocycles. The highest BCUT2D eigenvalue weighted by Crippen LogP contribution is 2.30. The fraction of sp³-hybridized carbons (Fsp3) is 0. The number of nitrogens with one attached hydrogen (secondary N) is 1. The number of benzene rings is 3. The monoisotopic (exact) mass is 270 g/mol. The number of rotatable bonds is 2. The van der Waals surface area contributed by atoms with Crippen molar-refractivity contribution in [2.24, 2.45) is 0 Å². The molecule has 2 nitrogen and oxygen atoms in total. The summed E-state index contributed by atoms with van der Waals surface area (Å²) in [5.41, 5.74) is 5.63. The van der Waals surface area contributed by atoms with Gasteiger partial charge in [-0.3, -0.25) is 5.10 Å². The lowest BCUT2D eigenvalue weighted by Gasteiger charge is -2.02. The summed E-state index contributed by atoms with van der Waals surface area (Å²) in [7, 11) is 0. The quantitative estimate of drug-likeness (QED) is 0.551. The van der Waals surface area contributed by atoms with E-state index in [4.69, 9.17) is 0 Å². The van der Waals surface area contributed by atoms with Gasteiger partial charge in [-0.25, -0.2) is 0 Å². The Kier molecular flexibility index (Phi) is 2.79. The summed E-state index contributed by atoms with van der Waals surface area (Å²) in [6, 6.07) is 27.1. The van der Waals surface area contributed by atoms with Gasteiger partial charge in [0.25, 0.3) is 0 Å². The molecule has 1 N–H and O–H groups in total. The molecule has 3 aromatic carbocycles. The second-order valence-corrected chi connectivity index (χ2v) is 5.06. The predicted octanol–water partition coefficient (Wildman–Crippen LogP) is 4.90. The molecule has 0 radical (unpaired) electrons. The van der Waals surface area contributed by atoms with Gasteiger partial charge in [0.2, 0.25) is 0 Å². The van der Waals surface area contributed by atoms with E-state index in [9.17, 15) is 0 Å². The Balaban J connectivity index is 1.91. The Morgan fingerprint density at radius 3 is 2.00 bits per heavy atom. The second kappa shape index (κ2) is 4.91. The first kappa shape index (κ1) is 11.9. The van der Waals surface area contributed by atoms with E-state index in [1.165, 1.54) is 11.1 Å². The third-order valence-corrected chi connectivity index (χ3v) is 3.72. The molecule has 0 aliphatic heterocycles. The molecular weight excluding hydrogens is 256 g/mol. The minimum absolute atomic E-state index is 1.00. The number of aromatic nitrogens is 2. The molecule has 0 saturated carbocycles. The van der Waals surface area contributed by atoms with Gasteiger partial charge in [-0.05, 0) is 23.3 Å². The zero-order chi connectivity index (χ0) is 14.1. The number of hydrogen-bond acceptors (Lipinski definition) is 1. The van der Waals surface area contributed by atoms with E-state index in [0.29, 0.717) is 0 Å². The Morgan fingerprint density at radius 2 is 1.29 bits per heavy atom. The fourth-order valence-corrected chi connectivity index (χ4v) is 2.64. The molecule has 0 spiro atoms. The first-order chi connectivity index (χ1) is 10.4. The van der Waals surface area contributed by atoms with Gasteiger partial charge in [0.15, 0.2) is 0 Å². The van der Waals surface area contributed by atoms with Crippen LogP contribution in [-0.2, 0) is 0 Å². The number of hydrogen-bond donors (Lipinski definition) is 1. The van der Waals surface area contributed by atoms with Crippen LogP contribution in [0.4, 0.5) is 0 Å². The van der Waals surface area contributed by atoms with Crippen molar-refractivity contribution in [3.8, 4) is 22.4 Å². The van der Waals surface area contributed by atoms with E-state index in [-0.39, 0.29) is 0 Å². The van der Waals surface area contributed by atoms with Gasteiger partial charge >= 0.3 is 0 Å². The van der Waals surface area contributed by atoms with Crippen LogP contribution >= 0.6 is 0 Å². The molecule has 4 aromatic rings. The van der Waals surface area contributed by atoms with Crippen molar-refractivity contribution in [1.29, 1.82) is 0 Å². The van der Waals surface area contributed by atoms with Crippen LogP contribution in [0.1, 0.15) is 0 Å². The average molecular weight is 270 g/mol. The van der Waals surface area contributed by atoms with Crippen LogP contribution in [-0.4, -0.2) is 10.2 Å². The molecule has 0 saturated heterocycles. The number of fused-ring (bicyclic) bond motifs is 1. The summed E-state index contributed by atoms with van der Waals surface area (Å²) in [6.07, 6.45) is 0. The molecule has 0 aliphatic rings. The zero-order valence-electron chi connectivity index (χ0n) is 11.5. The van der Waals surface area contributed by atoms with Gasteiger partial charge in [0, 0.05) is 10.9 Å². The lowest BCUT2D eigenvalue weighted by molar-refractivity contribution is 1.12. The lowest BCUT2D eigenvalue weighted by atomic mass is 10.0. The smallest absolute Gasteiger partial charge is 0.0999 e. The maximum Gasteiger partial charge on any atom is 0.0999 e. The third kappa shape index (κ3) is 2.11. The van der Waals surface area contributed by atoms with Crippen LogP contribution in [0.15, 0.2) is 78.9 Å². The van der Waals surface area contributed by atoms with Gasteiger partial charge in [-0.1, -0.05) is 66.7 Å². The highest BCUT2D eigenvalue weighted by molar-refractivity contribution is 5.95. The van der Waals surface area contributed by atoms with Gasteiger partial charge in [-0.2, -0.15) is 5.10 Å². The van der Waals surface area contributed by atoms with Gasteiger partial charge in [0.1, 0.15) is 0 Å². The Labute approximate surface area is 123 Å². The minimum atomic E-state index is 1.00. The number of aromatic amines is 1. The molecule has 0 atom stereocenters. The van der Waals surface area contributed by atoms with E-state index in [1.807, 2.05) is 24.3 Å². The molecule has 0 amide bonds. The van der Waals surface area contributed by atoms with E-state index in [1.54, 1.807) is 0 Å². The molecule has 1 aromatic heterocycles. The summed E-state index contributed by atoms with van der Waals surface area (Å²) in [6.45, 7) is 0. The van der Waals surface area contributed by atoms with Crippen molar-refractivity contribution in [3.63, 3.8) is 0 Å². The standard InChI is InChI=1S/C19H14N2/c1-3-7-14(8-4-1)16-11-12-18-17(13-16)19(21-20-18)15-9-5-2-6-10-15/h1-13H,(H,20,21). The molecule has 0 unspecified atom stereocenters. The Hall–Kier alpha value is -2.87. The molecule has 4 rings (SSSR count). The van der Waals surface area contributed by atoms with Crippen LogP contribution in [0.2, 0.25) is 0 Å². The summed E-state index contributed by atoms with van der Waals surface area (Å²) < 4.78 is 0. The van der Waals surface area contributed by atoms with Crippen LogP contribution in [0.25, 0.3) is 33.3 Å². The molecule has 0 fully saturated rings. The molecule has 2 heteroatoms. The van der Waals surface area contributed by atoms with Crippen molar-refractivity contribution in [3.05, 3.63) is 78.9 Å². The third-order valence-electron chi connectivity index (χ3n) is 3.72. The van der Waals surface area contributed by atoms with E-state index in [2.05, 4.69) is 64.8 Å². The fourth-order valence-electron chi connectivity index (χ4n) is 2.64. The van der Waals surface area contributed by atoms with E-state index in [0.717, 1.165) is 22.2 Å². The Bertz CT molecular complexity index is 877. The SMILES string of the molecule is c1ccc(-c2ccc3[nH]nc(-c4ccccc4)c3c2)cc1. The summed E-state index contributed by atoms with van der Waals surface area (Å²) in [5, 5.41) is 8.75. The van der Waals surface area contributed by atoms with Crippen LogP contribution < -0.4 is 0 Å².